The van der Waals surface area contributed by atoms with E-state index in [0.717, 1.165) is 12.8 Å². The normalized spacial score (nSPS) is 16.5. The molecule has 15 heavy (non-hydrogen) atoms. The van der Waals surface area contributed by atoms with Crippen LogP contribution >= 0.6 is 0 Å². The van der Waals surface area contributed by atoms with Crippen molar-refractivity contribution in [2.75, 3.05) is 0 Å². The highest BCUT2D eigenvalue weighted by molar-refractivity contribution is 5.92. The average Bonchev–Trinajstić information content (AvgIpc) is 2.16. The molecule has 0 saturated heterocycles. The first-order valence-corrected chi connectivity index (χ1v) is 5.88. The van der Waals surface area contributed by atoms with Crippen molar-refractivity contribution in [3.05, 3.63) is 11.8 Å². The van der Waals surface area contributed by atoms with Crippen LogP contribution in [0.15, 0.2) is 11.8 Å². The van der Waals surface area contributed by atoms with E-state index in [1.807, 2.05) is 34.6 Å². The third-order valence-electron chi connectivity index (χ3n) is 3.02. The van der Waals surface area contributed by atoms with E-state index in [1.54, 1.807) is 0 Å². The van der Waals surface area contributed by atoms with Gasteiger partial charge in [-0.25, -0.2) is 0 Å². The number of aliphatic hydroxyl groups excluding tert-OH is 1. The summed E-state index contributed by atoms with van der Waals surface area (Å²) in [5.74, 6) is 0.741. The molecule has 0 amide bonds. The summed E-state index contributed by atoms with van der Waals surface area (Å²) >= 11 is 0. The SMILES string of the molecule is CCC(C)C(O)=CC(=O)C(CC)C(C)C. The van der Waals surface area contributed by atoms with Gasteiger partial charge in [-0.2, -0.15) is 0 Å². The molecule has 2 heteroatoms. The van der Waals surface area contributed by atoms with Crippen LogP contribution in [0.1, 0.15) is 47.5 Å². The summed E-state index contributed by atoms with van der Waals surface area (Å²) < 4.78 is 0. The van der Waals surface area contributed by atoms with E-state index in [4.69, 9.17) is 0 Å². The molecule has 0 fully saturated rings. The molecule has 0 saturated carbocycles. The van der Waals surface area contributed by atoms with Gasteiger partial charge in [0.1, 0.15) is 0 Å². The summed E-state index contributed by atoms with van der Waals surface area (Å²) in [4.78, 5) is 11.8. The molecule has 0 aromatic carbocycles. The fraction of sp³-hybridized carbons (Fsp3) is 0.769. The number of hydrogen-bond acceptors (Lipinski definition) is 2. The molecular formula is C13H24O2. The van der Waals surface area contributed by atoms with Crippen LogP contribution in [0.2, 0.25) is 0 Å². The summed E-state index contributed by atoms with van der Waals surface area (Å²) in [5, 5.41) is 9.65. The van der Waals surface area contributed by atoms with E-state index in [1.165, 1.54) is 6.08 Å². The standard InChI is InChI=1S/C13H24O2/c1-6-10(5)12(14)8-13(15)11(7-2)9(3)4/h8-11,14H,6-7H2,1-5H3. The minimum atomic E-state index is 0.0382. The second-order valence-corrected chi connectivity index (χ2v) is 4.54. The van der Waals surface area contributed by atoms with E-state index in [9.17, 15) is 9.90 Å². The molecule has 0 heterocycles. The van der Waals surface area contributed by atoms with Crippen molar-refractivity contribution in [2.45, 2.75) is 47.5 Å². The third kappa shape index (κ3) is 4.50. The molecule has 0 radical (unpaired) electrons. The van der Waals surface area contributed by atoms with Gasteiger partial charge in [-0.15, -0.1) is 0 Å². The van der Waals surface area contributed by atoms with Gasteiger partial charge < -0.3 is 5.11 Å². The van der Waals surface area contributed by atoms with Gasteiger partial charge in [-0.1, -0.05) is 34.6 Å². The van der Waals surface area contributed by atoms with Gasteiger partial charge in [0.2, 0.25) is 0 Å². The van der Waals surface area contributed by atoms with Crippen LogP contribution in [-0.2, 0) is 4.79 Å². The predicted octanol–water partition coefficient (Wildman–Crippen LogP) is 3.73. The highest BCUT2D eigenvalue weighted by atomic mass is 16.3. The molecule has 1 N–H and O–H groups in total. The zero-order valence-corrected chi connectivity index (χ0v) is 10.6. The van der Waals surface area contributed by atoms with E-state index in [-0.39, 0.29) is 23.4 Å². The minimum Gasteiger partial charge on any atom is -0.512 e. The molecule has 0 rings (SSSR count). The monoisotopic (exact) mass is 212 g/mol. The van der Waals surface area contributed by atoms with Gasteiger partial charge >= 0.3 is 0 Å². The van der Waals surface area contributed by atoms with E-state index in [0.29, 0.717) is 5.92 Å². The van der Waals surface area contributed by atoms with Crippen LogP contribution in [0.4, 0.5) is 0 Å². The van der Waals surface area contributed by atoms with Crippen molar-refractivity contribution in [3.8, 4) is 0 Å². The highest BCUT2D eigenvalue weighted by Crippen LogP contribution is 2.19. The van der Waals surface area contributed by atoms with Gasteiger partial charge in [0, 0.05) is 17.9 Å². The molecule has 2 nitrogen and oxygen atoms in total. The number of aliphatic hydroxyl groups is 1. The van der Waals surface area contributed by atoms with Crippen molar-refractivity contribution in [3.63, 3.8) is 0 Å². The minimum absolute atomic E-state index is 0.0382. The van der Waals surface area contributed by atoms with E-state index in [2.05, 4.69) is 0 Å². The Hall–Kier alpha value is -0.790. The van der Waals surface area contributed by atoms with Crippen molar-refractivity contribution >= 4 is 5.78 Å². The predicted molar refractivity (Wildman–Crippen MR) is 63.8 cm³/mol. The fourth-order valence-corrected chi connectivity index (χ4v) is 1.61. The smallest absolute Gasteiger partial charge is 0.162 e. The Balaban J connectivity index is 4.57. The van der Waals surface area contributed by atoms with Crippen molar-refractivity contribution < 1.29 is 9.90 Å². The third-order valence-corrected chi connectivity index (χ3v) is 3.02. The second-order valence-electron chi connectivity index (χ2n) is 4.54. The van der Waals surface area contributed by atoms with Gasteiger partial charge in [0.15, 0.2) is 5.78 Å². The lowest BCUT2D eigenvalue weighted by Gasteiger charge is -2.16. The lowest BCUT2D eigenvalue weighted by Crippen LogP contribution is -2.18. The molecule has 0 bridgehead atoms. The van der Waals surface area contributed by atoms with Gasteiger partial charge in [0.25, 0.3) is 0 Å². The number of allylic oxidation sites excluding steroid dienone is 2. The van der Waals surface area contributed by atoms with Gasteiger partial charge in [0.05, 0.1) is 5.76 Å². The molecule has 88 valence electrons. The van der Waals surface area contributed by atoms with Gasteiger partial charge in [-0.05, 0) is 18.8 Å². The summed E-state index contributed by atoms with van der Waals surface area (Å²) in [6.07, 6.45) is 3.11. The van der Waals surface area contributed by atoms with E-state index >= 15 is 0 Å². The highest BCUT2D eigenvalue weighted by Gasteiger charge is 2.19. The van der Waals surface area contributed by atoms with E-state index < -0.39 is 0 Å². The molecular weight excluding hydrogens is 188 g/mol. The molecule has 0 aromatic heterocycles. The van der Waals surface area contributed by atoms with Crippen molar-refractivity contribution in [1.82, 2.24) is 0 Å². The summed E-state index contributed by atoms with van der Waals surface area (Å²) in [6.45, 7) is 10.0. The number of carbonyl (C=O) groups excluding carboxylic acids is 1. The Morgan fingerprint density at radius 2 is 1.73 bits per heavy atom. The summed E-state index contributed by atoms with van der Waals surface area (Å²) in [6, 6.07) is 0. The van der Waals surface area contributed by atoms with Gasteiger partial charge in [-0.3, -0.25) is 4.79 Å². The maximum absolute atomic E-state index is 11.8. The Labute approximate surface area is 93.4 Å². The van der Waals surface area contributed by atoms with Crippen LogP contribution < -0.4 is 0 Å². The lowest BCUT2D eigenvalue weighted by atomic mass is 9.88. The number of carbonyl (C=O) groups is 1. The zero-order chi connectivity index (χ0) is 12.0. The Morgan fingerprint density at radius 3 is 2.07 bits per heavy atom. The Morgan fingerprint density at radius 1 is 1.20 bits per heavy atom. The fourth-order valence-electron chi connectivity index (χ4n) is 1.61. The van der Waals surface area contributed by atoms with Crippen LogP contribution in [0.25, 0.3) is 0 Å². The molecule has 2 atom stereocenters. The zero-order valence-electron chi connectivity index (χ0n) is 10.6. The molecule has 0 spiro atoms. The topological polar surface area (TPSA) is 37.3 Å². The summed E-state index contributed by atoms with van der Waals surface area (Å²) in [7, 11) is 0. The number of hydrogen-bond donors (Lipinski definition) is 1. The molecule has 0 aliphatic heterocycles. The van der Waals surface area contributed by atoms with Crippen LogP contribution in [0.5, 0.6) is 0 Å². The first-order valence-electron chi connectivity index (χ1n) is 5.88. The first kappa shape index (κ1) is 14.2. The van der Waals surface area contributed by atoms with Crippen LogP contribution in [0.3, 0.4) is 0 Å². The van der Waals surface area contributed by atoms with Crippen LogP contribution in [0, 0.1) is 17.8 Å². The second kappa shape index (κ2) is 6.65. The maximum atomic E-state index is 11.8. The molecule has 0 aliphatic carbocycles. The number of rotatable bonds is 6. The Kier molecular flexibility index (Phi) is 6.30. The quantitative estimate of drug-likeness (QED) is 0.538. The largest absolute Gasteiger partial charge is 0.512 e. The van der Waals surface area contributed by atoms with Crippen LogP contribution in [-0.4, -0.2) is 10.9 Å². The molecule has 0 aromatic rings. The molecule has 2 unspecified atom stereocenters. The Bertz CT molecular complexity index is 229. The maximum Gasteiger partial charge on any atom is 0.162 e. The average molecular weight is 212 g/mol. The van der Waals surface area contributed by atoms with Crippen molar-refractivity contribution in [2.24, 2.45) is 17.8 Å². The lowest BCUT2D eigenvalue weighted by molar-refractivity contribution is -0.119. The first-order chi connectivity index (χ1) is 6.93. The number of ketones is 1. The molecule has 0 aliphatic rings. The van der Waals surface area contributed by atoms with Crippen molar-refractivity contribution in [1.29, 1.82) is 0 Å². The summed E-state index contributed by atoms with van der Waals surface area (Å²) in [5.41, 5.74) is 0.